The maximum atomic E-state index is 11.3. The number of carbonyl (C=O) groups excluding carboxylic acids is 1. The van der Waals surface area contributed by atoms with Gasteiger partial charge >= 0.3 is 5.97 Å². The minimum absolute atomic E-state index is 0.00310. The Morgan fingerprint density at radius 1 is 1.17 bits per heavy atom. The number of carbonyl (C=O) groups is 1. The molecule has 1 atom stereocenters. The Hall–Kier alpha value is -0.750. The number of thiophene rings is 1. The van der Waals surface area contributed by atoms with E-state index in [4.69, 9.17) is 14.2 Å². The van der Waals surface area contributed by atoms with Gasteiger partial charge < -0.3 is 14.2 Å². The van der Waals surface area contributed by atoms with E-state index in [1.54, 1.807) is 11.3 Å². The van der Waals surface area contributed by atoms with Crippen molar-refractivity contribution in [3.8, 4) is 11.5 Å². The van der Waals surface area contributed by atoms with Gasteiger partial charge in [-0.2, -0.15) is 0 Å². The van der Waals surface area contributed by atoms with E-state index in [-0.39, 0.29) is 34.8 Å². The predicted molar refractivity (Wildman–Crippen MR) is 96.4 cm³/mol. The fourth-order valence-electron chi connectivity index (χ4n) is 2.31. The van der Waals surface area contributed by atoms with Gasteiger partial charge in [-0.3, -0.25) is 4.79 Å². The Kier molecular flexibility index (Phi) is 5.36. The van der Waals surface area contributed by atoms with Crippen molar-refractivity contribution >= 4 is 33.2 Å². The molecule has 4 nitrogen and oxygen atoms in total. The van der Waals surface area contributed by atoms with Crippen molar-refractivity contribution in [1.29, 1.82) is 0 Å². The maximum Gasteiger partial charge on any atom is 0.316 e. The number of esters is 1. The number of ether oxygens (including phenoxy) is 3. The Morgan fingerprint density at radius 2 is 1.74 bits per heavy atom. The Balaban J connectivity index is 2.30. The van der Waals surface area contributed by atoms with Crippen LogP contribution in [0.2, 0.25) is 0 Å². The third-order valence-corrected chi connectivity index (χ3v) is 5.88. The zero-order valence-electron chi connectivity index (χ0n) is 14.6. The molecule has 2 rings (SSSR count). The molecule has 23 heavy (non-hydrogen) atoms. The van der Waals surface area contributed by atoms with Crippen molar-refractivity contribution < 1.29 is 19.0 Å². The van der Waals surface area contributed by atoms with Crippen LogP contribution < -0.4 is 9.47 Å². The van der Waals surface area contributed by atoms with E-state index in [9.17, 15) is 4.79 Å². The fraction of sp³-hybridized carbons (Fsp3) is 0.706. The largest absolute Gasteiger partial charge is 0.484 e. The third-order valence-electron chi connectivity index (χ3n) is 3.42. The van der Waals surface area contributed by atoms with Gasteiger partial charge in [-0.05, 0) is 0 Å². The average molecular weight is 405 g/mol. The van der Waals surface area contributed by atoms with Crippen molar-refractivity contribution in [1.82, 2.24) is 0 Å². The molecule has 1 aromatic heterocycles. The van der Waals surface area contributed by atoms with Gasteiger partial charge in [-0.1, -0.05) is 57.5 Å². The van der Waals surface area contributed by atoms with Crippen molar-refractivity contribution in [3.63, 3.8) is 0 Å². The summed E-state index contributed by atoms with van der Waals surface area (Å²) in [6, 6.07) is 0. The second-order valence-corrected chi connectivity index (χ2v) is 9.37. The highest BCUT2D eigenvalue weighted by Gasteiger charge is 2.37. The zero-order valence-corrected chi connectivity index (χ0v) is 17.0. The molecule has 0 radical (unpaired) electrons. The zero-order chi connectivity index (χ0) is 17.4. The van der Waals surface area contributed by atoms with Crippen LogP contribution in [0.3, 0.4) is 0 Å². The Morgan fingerprint density at radius 3 is 2.26 bits per heavy atom. The third kappa shape index (κ3) is 4.21. The smallest absolute Gasteiger partial charge is 0.316 e. The number of halogens is 1. The SMILES string of the molecule is CC(C)(C)c1sc(C(C)(C)C)c2c1OCC(COC(=O)CBr)O2. The van der Waals surface area contributed by atoms with Crippen LogP contribution in [0.4, 0.5) is 0 Å². The molecule has 1 aliphatic rings. The molecule has 0 amide bonds. The first kappa shape index (κ1) is 18.6. The van der Waals surface area contributed by atoms with Crippen molar-refractivity contribution in [2.45, 2.75) is 58.5 Å². The van der Waals surface area contributed by atoms with Crippen LogP contribution in [0.5, 0.6) is 11.5 Å². The lowest BCUT2D eigenvalue weighted by Crippen LogP contribution is -2.35. The Bertz CT molecular complexity index is 581. The van der Waals surface area contributed by atoms with E-state index in [2.05, 4.69) is 57.5 Å². The second-order valence-electron chi connectivity index (χ2n) is 7.79. The molecule has 6 heteroatoms. The van der Waals surface area contributed by atoms with Gasteiger partial charge in [-0.25, -0.2) is 0 Å². The van der Waals surface area contributed by atoms with Gasteiger partial charge in [0.25, 0.3) is 0 Å². The van der Waals surface area contributed by atoms with E-state index < -0.39 is 0 Å². The monoisotopic (exact) mass is 404 g/mol. The topological polar surface area (TPSA) is 44.8 Å². The highest BCUT2D eigenvalue weighted by Crippen LogP contribution is 2.53. The summed E-state index contributed by atoms with van der Waals surface area (Å²) in [5, 5.41) is 0.186. The summed E-state index contributed by atoms with van der Waals surface area (Å²) in [5.74, 6) is 1.38. The van der Waals surface area contributed by atoms with Crippen LogP contribution >= 0.6 is 27.3 Å². The molecule has 0 aliphatic carbocycles. The van der Waals surface area contributed by atoms with Gasteiger partial charge in [-0.15, -0.1) is 11.3 Å². The number of fused-ring (bicyclic) bond motifs is 1. The van der Waals surface area contributed by atoms with E-state index in [1.165, 1.54) is 9.75 Å². The minimum Gasteiger partial charge on any atom is -0.484 e. The summed E-state index contributed by atoms with van der Waals surface area (Å²) < 4.78 is 17.3. The number of rotatable bonds is 3. The highest BCUT2D eigenvalue weighted by atomic mass is 79.9. The first-order chi connectivity index (χ1) is 10.5. The number of hydrogen-bond acceptors (Lipinski definition) is 5. The van der Waals surface area contributed by atoms with Crippen molar-refractivity contribution in [2.75, 3.05) is 18.5 Å². The highest BCUT2D eigenvalue weighted by molar-refractivity contribution is 9.09. The molecule has 130 valence electrons. The summed E-state index contributed by atoms with van der Waals surface area (Å²) in [6.07, 6.45) is -0.269. The van der Waals surface area contributed by atoms with Crippen LogP contribution in [0.15, 0.2) is 0 Å². The van der Waals surface area contributed by atoms with E-state index in [1.807, 2.05) is 0 Å². The fourth-order valence-corrected chi connectivity index (χ4v) is 3.77. The molecule has 1 unspecified atom stereocenters. The number of hydrogen-bond donors (Lipinski definition) is 0. The van der Waals surface area contributed by atoms with Crippen LogP contribution in [0.25, 0.3) is 0 Å². The van der Waals surface area contributed by atoms with E-state index in [0.29, 0.717) is 6.61 Å². The summed E-state index contributed by atoms with van der Waals surface area (Å²) in [5.41, 5.74) is -0.0348. The van der Waals surface area contributed by atoms with Gasteiger partial charge in [0.15, 0.2) is 17.6 Å². The summed E-state index contributed by atoms with van der Waals surface area (Å²) in [6.45, 7) is 13.6. The molecule has 0 bridgehead atoms. The lowest BCUT2D eigenvalue weighted by Gasteiger charge is -2.28. The van der Waals surface area contributed by atoms with Crippen LogP contribution in [-0.2, 0) is 20.4 Å². The first-order valence-corrected chi connectivity index (χ1v) is 9.66. The molecular weight excluding hydrogens is 380 g/mol. The molecule has 1 aromatic rings. The quantitative estimate of drug-likeness (QED) is 0.552. The minimum atomic E-state index is -0.295. The first-order valence-electron chi connectivity index (χ1n) is 7.73. The van der Waals surface area contributed by atoms with E-state index in [0.717, 1.165) is 11.5 Å². The normalized spacial score (nSPS) is 18.0. The lowest BCUT2D eigenvalue weighted by atomic mass is 9.91. The van der Waals surface area contributed by atoms with Gasteiger partial charge in [0.1, 0.15) is 18.5 Å². The molecule has 0 N–H and O–H groups in total. The van der Waals surface area contributed by atoms with Gasteiger partial charge in [0.2, 0.25) is 0 Å². The summed E-state index contributed by atoms with van der Waals surface area (Å²) in [7, 11) is 0. The predicted octanol–water partition coefficient (Wildman–Crippen LogP) is 4.42. The molecular formula is C17H25BrO4S. The lowest BCUT2D eigenvalue weighted by molar-refractivity contribution is -0.143. The molecule has 0 saturated heterocycles. The molecule has 0 saturated carbocycles. The second kappa shape index (κ2) is 6.63. The van der Waals surface area contributed by atoms with E-state index >= 15 is 0 Å². The average Bonchev–Trinajstić information content (AvgIpc) is 2.83. The summed E-state index contributed by atoms with van der Waals surface area (Å²) in [4.78, 5) is 13.7. The Labute approximate surface area is 150 Å². The maximum absolute atomic E-state index is 11.3. The molecule has 1 aliphatic heterocycles. The van der Waals surface area contributed by atoms with Crippen LogP contribution in [0, 0.1) is 0 Å². The summed E-state index contributed by atoms with van der Waals surface area (Å²) >= 11 is 4.84. The van der Waals surface area contributed by atoms with Gasteiger partial charge in [0, 0.05) is 10.8 Å². The standard InChI is InChI=1S/C17H25BrO4S/c1-16(2,3)14-12-13(15(23-14)17(4,5)6)22-10(9-21-12)8-20-11(19)7-18/h10H,7-9H2,1-6H3. The number of alkyl halides is 1. The molecule has 2 heterocycles. The van der Waals surface area contributed by atoms with Gasteiger partial charge in [0.05, 0.1) is 9.75 Å². The van der Waals surface area contributed by atoms with Crippen molar-refractivity contribution in [2.24, 2.45) is 0 Å². The molecule has 0 spiro atoms. The molecule has 0 fully saturated rings. The van der Waals surface area contributed by atoms with Crippen molar-refractivity contribution in [3.05, 3.63) is 9.75 Å². The molecule has 0 aromatic carbocycles. The van der Waals surface area contributed by atoms with Crippen LogP contribution in [0.1, 0.15) is 51.3 Å². The van der Waals surface area contributed by atoms with Crippen LogP contribution in [-0.4, -0.2) is 30.6 Å².